The molecule has 1 fully saturated rings. The minimum absolute atomic E-state index is 0.0762. The number of alkyl halides is 1. The molecule has 0 bridgehead atoms. The molecule has 0 N–H and O–H groups in total. The summed E-state index contributed by atoms with van der Waals surface area (Å²) in [6.07, 6.45) is 1.06. The third kappa shape index (κ3) is 2.75. The van der Waals surface area contributed by atoms with Crippen LogP contribution in [0.4, 0.5) is 0 Å². The van der Waals surface area contributed by atoms with Crippen molar-refractivity contribution in [3.8, 4) is 0 Å². The quantitative estimate of drug-likeness (QED) is 0.682. The molecule has 1 heterocycles. The SMILES string of the molecule is CC1CCN(C(=O)c2ccc(Cl)cc2Br)C1CBr. The highest BCUT2D eigenvalue weighted by Gasteiger charge is 2.34. The fraction of sp³-hybridized carbons (Fsp3) is 0.462. The van der Waals surface area contributed by atoms with Crippen molar-refractivity contribution in [2.24, 2.45) is 5.92 Å². The summed E-state index contributed by atoms with van der Waals surface area (Å²) >= 11 is 12.8. The summed E-state index contributed by atoms with van der Waals surface area (Å²) < 4.78 is 0.757. The van der Waals surface area contributed by atoms with Gasteiger partial charge in [0.1, 0.15) is 0 Å². The van der Waals surface area contributed by atoms with E-state index >= 15 is 0 Å². The number of rotatable bonds is 2. The van der Waals surface area contributed by atoms with Gasteiger partial charge in [-0.2, -0.15) is 0 Å². The van der Waals surface area contributed by atoms with E-state index < -0.39 is 0 Å². The molecule has 98 valence electrons. The van der Waals surface area contributed by atoms with E-state index in [9.17, 15) is 4.79 Å². The predicted molar refractivity (Wildman–Crippen MR) is 81.6 cm³/mol. The van der Waals surface area contributed by atoms with E-state index in [0.29, 0.717) is 16.5 Å². The number of nitrogens with zero attached hydrogens (tertiary/aromatic N) is 1. The monoisotopic (exact) mass is 393 g/mol. The zero-order valence-corrected chi connectivity index (χ0v) is 13.9. The molecule has 2 unspecified atom stereocenters. The van der Waals surface area contributed by atoms with Crippen LogP contribution < -0.4 is 0 Å². The summed E-state index contributed by atoms with van der Waals surface area (Å²) in [5, 5.41) is 1.45. The van der Waals surface area contributed by atoms with Crippen molar-refractivity contribution >= 4 is 49.4 Å². The number of likely N-dealkylation sites (tertiary alicyclic amines) is 1. The summed E-state index contributed by atoms with van der Waals surface area (Å²) in [6.45, 7) is 3.02. The largest absolute Gasteiger partial charge is 0.335 e. The highest BCUT2D eigenvalue weighted by atomic mass is 79.9. The van der Waals surface area contributed by atoms with Crippen molar-refractivity contribution in [1.29, 1.82) is 0 Å². The third-order valence-electron chi connectivity index (χ3n) is 3.46. The number of hydrogen-bond donors (Lipinski definition) is 0. The number of amides is 1. The molecule has 1 aliphatic rings. The second-order valence-electron chi connectivity index (χ2n) is 4.61. The average Bonchev–Trinajstić information content (AvgIpc) is 2.69. The van der Waals surface area contributed by atoms with Crippen molar-refractivity contribution in [2.75, 3.05) is 11.9 Å². The maximum Gasteiger partial charge on any atom is 0.255 e. The molecule has 0 radical (unpaired) electrons. The second kappa shape index (κ2) is 5.93. The lowest BCUT2D eigenvalue weighted by Crippen LogP contribution is -2.38. The van der Waals surface area contributed by atoms with Crippen LogP contribution in [0, 0.1) is 5.92 Å². The lowest BCUT2D eigenvalue weighted by Gasteiger charge is -2.25. The fourth-order valence-corrected chi connectivity index (χ4v) is 4.15. The van der Waals surface area contributed by atoms with Gasteiger partial charge in [0.05, 0.1) is 5.56 Å². The Morgan fingerprint density at radius 2 is 2.28 bits per heavy atom. The minimum atomic E-state index is 0.0762. The maximum absolute atomic E-state index is 12.5. The molecule has 2 nitrogen and oxygen atoms in total. The lowest BCUT2D eigenvalue weighted by molar-refractivity contribution is 0.0738. The molecule has 0 saturated carbocycles. The molecule has 18 heavy (non-hydrogen) atoms. The first-order valence-corrected chi connectivity index (χ1v) is 8.16. The molecule has 1 saturated heterocycles. The fourth-order valence-electron chi connectivity index (χ4n) is 2.31. The molecule has 1 aliphatic heterocycles. The molecular formula is C13H14Br2ClNO. The Morgan fingerprint density at radius 1 is 1.56 bits per heavy atom. The summed E-state index contributed by atoms with van der Waals surface area (Å²) in [7, 11) is 0. The highest BCUT2D eigenvalue weighted by Crippen LogP contribution is 2.29. The van der Waals surface area contributed by atoms with Crippen LogP contribution in [0.2, 0.25) is 5.02 Å². The molecule has 2 rings (SSSR count). The van der Waals surface area contributed by atoms with Crippen LogP contribution in [0.15, 0.2) is 22.7 Å². The number of hydrogen-bond acceptors (Lipinski definition) is 1. The smallest absolute Gasteiger partial charge is 0.255 e. The lowest BCUT2D eigenvalue weighted by atomic mass is 10.0. The van der Waals surface area contributed by atoms with Crippen molar-refractivity contribution in [1.82, 2.24) is 4.90 Å². The zero-order chi connectivity index (χ0) is 13.3. The Labute approximate surface area is 129 Å². The molecule has 1 aromatic carbocycles. The van der Waals surface area contributed by atoms with Gasteiger partial charge in [0.2, 0.25) is 0 Å². The van der Waals surface area contributed by atoms with Crippen molar-refractivity contribution < 1.29 is 4.79 Å². The minimum Gasteiger partial charge on any atom is -0.335 e. The Kier molecular flexibility index (Phi) is 4.73. The van der Waals surface area contributed by atoms with Crippen LogP contribution in [0.5, 0.6) is 0 Å². The van der Waals surface area contributed by atoms with Crippen LogP contribution in [0.1, 0.15) is 23.7 Å². The van der Waals surface area contributed by atoms with Crippen LogP contribution in [-0.2, 0) is 0 Å². The van der Waals surface area contributed by atoms with Gasteiger partial charge in [-0.05, 0) is 46.5 Å². The molecule has 0 aliphatic carbocycles. The van der Waals surface area contributed by atoms with Crippen LogP contribution in [-0.4, -0.2) is 28.7 Å². The summed E-state index contributed by atoms with van der Waals surface area (Å²) in [5.74, 6) is 0.617. The molecule has 1 amide bonds. The van der Waals surface area contributed by atoms with E-state index in [2.05, 4.69) is 38.8 Å². The normalized spacial score (nSPS) is 23.4. The molecule has 0 spiro atoms. The standard InChI is InChI=1S/C13H14Br2ClNO/c1-8-4-5-17(12(8)7-14)13(18)10-3-2-9(16)6-11(10)15/h2-3,6,8,12H,4-5,7H2,1H3. The topological polar surface area (TPSA) is 20.3 Å². The number of benzene rings is 1. The van der Waals surface area contributed by atoms with E-state index in [1.165, 1.54) is 0 Å². The number of halogens is 3. The Balaban J connectivity index is 2.26. The van der Waals surface area contributed by atoms with Gasteiger partial charge in [-0.25, -0.2) is 0 Å². The van der Waals surface area contributed by atoms with Crippen LogP contribution in [0.25, 0.3) is 0 Å². The van der Waals surface area contributed by atoms with Gasteiger partial charge in [-0.3, -0.25) is 4.79 Å². The summed E-state index contributed by atoms with van der Waals surface area (Å²) in [6, 6.07) is 5.57. The Hall–Kier alpha value is -0.0600. The van der Waals surface area contributed by atoms with Crippen LogP contribution in [0.3, 0.4) is 0 Å². The maximum atomic E-state index is 12.5. The first kappa shape index (κ1) is 14.4. The van der Waals surface area contributed by atoms with Crippen molar-refractivity contribution in [3.63, 3.8) is 0 Å². The van der Waals surface area contributed by atoms with E-state index in [4.69, 9.17) is 11.6 Å². The Bertz CT molecular complexity index is 466. The number of carbonyl (C=O) groups excluding carboxylic acids is 1. The van der Waals surface area contributed by atoms with Gasteiger partial charge in [-0.15, -0.1) is 0 Å². The molecule has 0 aromatic heterocycles. The Morgan fingerprint density at radius 3 is 2.89 bits per heavy atom. The van der Waals surface area contributed by atoms with Crippen LogP contribution >= 0.6 is 43.5 Å². The first-order chi connectivity index (χ1) is 8.54. The van der Waals surface area contributed by atoms with E-state index in [1.807, 2.05) is 4.90 Å². The number of carbonyl (C=O) groups is 1. The highest BCUT2D eigenvalue weighted by molar-refractivity contribution is 9.10. The average molecular weight is 396 g/mol. The zero-order valence-electron chi connectivity index (χ0n) is 10.00. The predicted octanol–water partition coefficient (Wildman–Crippen LogP) is 4.35. The molecule has 2 atom stereocenters. The van der Waals surface area contributed by atoms with E-state index in [1.54, 1.807) is 18.2 Å². The van der Waals surface area contributed by atoms with Gasteiger partial charge in [0, 0.05) is 27.4 Å². The second-order valence-corrected chi connectivity index (χ2v) is 6.55. The van der Waals surface area contributed by atoms with Gasteiger partial charge in [-0.1, -0.05) is 34.5 Å². The molecule has 1 aromatic rings. The molecule has 5 heteroatoms. The van der Waals surface area contributed by atoms with Gasteiger partial charge >= 0.3 is 0 Å². The van der Waals surface area contributed by atoms with Crippen molar-refractivity contribution in [3.05, 3.63) is 33.3 Å². The molecular weight excluding hydrogens is 381 g/mol. The summed E-state index contributed by atoms with van der Waals surface area (Å²) in [5.41, 5.74) is 0.680. The first-order valence-electron chi connectivity index (χ1n) is 5.86. The van der Waals surface area contributed by atoms with E-state index in [0.717, 1.165) is 22.8 Å². The van der Waals surface area contributed by atoms with Gasteiger partial charge in [0.25, 0.3) is 5.91 Å². The van der Waals surface area contributed by atoms with Gasteiger partial charge < -0.3 is 4.90 Å². The van der Waals surface area contributed by atoms with Gasteiger partial charge in [0.15, 0.2) is 0 Å². The summed E-state index contributed by atoms with van der Waals surface area (Å²) in [4.78, 5) is 14.5. The third-order valence-corrected chi connectivity index (χ3v) is 5.02. The van der Waals surface area contributed by atoms with Crippen molar-refractivity contribution in [2.45, 2.75) is 19.4 Å². The van der Waals surface area contributed by atoms with E-state index in [-0.39, 0.29) is 11.9 Å².